The number of aromatic nitrogens is 1. The normalized spacial score (nSPS) is 15.2. The number of rotatable bonds is 7. The molecule has 0 aliphatic carbocycles. The number of morpholine rings is 1. The van der Waals surface area contributed by atoms with Crippen LogP contribution in [0, 0.1) is 5.82 Å². The first-order valence-electron chi connectivity index (χ1n) is 10.5. The molecular weight excluding hydrogens is 453 g/mol. The van der Waals surface area contributed by atoms with E-state index in [0.29, 0.717) is 18.3 Å². The Morgan fingerprint density at radius 1 is 1.22 bits per heavy atom. The molecule has 1 N–H and O–H groups in total. The number of benzene rings is 2. The summed E-state index contributed by atoms with van der Waals surface area (Å²) < 4.78 is 47.5. The third-order valence-corrected chi connectivity index (χ3v) is 8.11. The van der Waals surface area contributed by atoms with Crippen LogP contribution in [-0.2, 0) is 21.2 Å². The average Bonchev–Trinajstić information content (AvgIpc) is 3.19. The van der Waals surface area contributed by atoms with Crippen LogP contribution in [0.3, 0.4) is 0 Å². The second kappa shape index (κ2) is 9.62. The van der Waals surface area contributed by atoms with Gasteiger partial charge >= 0.3 is 0 Å². The van der Waals surface area contributed by atoms with Crippen molar-refractivity contribution < 1.29 is 22.3 Å². The second-order valence-corrected chi connectivity index (χ2v) is 10.5. The fraction of sp³-hybridized carbons (Fsp3) is 0.364. The molecule has 4 rings (SSSR count). The average molecular weight is 478 g/mol. The molecule has 0 radical (unpaired) electrons. The number of amides is 1. The summed E-state index contributed by atoms with van der Waals surface area (Å²) in [6, 6.07) is 9.22. The Kier molecular flexibility index (Phi) is 6.85. The van der Waals surface area contributed by atoms with Crippen LogP contribution in [0.25, 0.3) is 10.2 Å². The number of halogens is 1. The minimum absolute atomic E-state index is 0.129. The van der Waals surface area contributed by atoms with Crippen molar-refractivity contribution in [2.75, 3.05) is 31.6 Å². The third kappa shape index (κ3) is 4.83. The molecule has 170 valence electrons. The number of sulfonamides is 1. The molecule has 7 nitrogen and oxygen atoms in total. The maximum atomic E-state index is 14.4. The number of nitrogens with one attached hydrogen (secondary N) is 1. The largest absolute Gasteiger partial charge is 0.379 e. The minimum Gasteiger partial charge on any atom is -0.379 e. The van der Waals surface area contributed by atoms with Gasteiger partial charge in [-0.2, -0.15) is 4.31 Å². The van der Waals surface area contributed by atoms with E-state index < -0.39 is 21.7 Å². The van der Waals surface area contributed by atoms with Crippen LogP contribution in [0.4, 0.5) is 9.52 Å². The molecule has 1 aromatic heterocycles. The lowest BCUT2D eigenvalue weighted by Crippen LogP contribution is -2.40. The second-order valence-electron chi connectivity index (χ2n) is 7.54. The van der Waals surface area contributed by atoms with Crippen molar-refractivity contribution in [1.82, 2.24) is 9.29 Å². The number of carbonyl (C=O) groups is 1. The van der Waals surface area contributed by atoms with E-state index in [1.54, 1.807) is 0 Å². The first-order chi connectivity index (χ1) is 15.4. The van der Waals surface area contributed by atoms with Crippen molar-refractivity contribution in [3.8, 4) is 0 Å². The van der Waals surface area contributed by atoms with Gasteiger partial charge in [-0.05, 0) is 48.7 Å². The van der Waals surface area contributed by atoms with Crippen LogP contribution in [0.2, 0.25) is 0 Å². The van der Waals surface area contributed by atoms with Crippen molar-refractivity contribution in [1.29, 1.82) is 0 Å². The van der Waals surface area contributed by atoms with E-state index in [4.69, 9.17) is 4.74 Å². The Morgan fingerprint density at radius 2 is 2.00 bits per heavy atom. The molecule has 1 fully saturated rings. The third-order valence-electron chi connectivity index (χ3n) is 5.28. The zero-order valence-corrected chi connectivity index (χ0v) is 19.3. The van der Waals surface area contributed by atoms with Crippen molar-refractivity contribution in [3.05, 3.63) is 53.3 Å². The Morgan fingerprint density at radius 3 is 2.75 bits per heavy atom. The number of anilines is 1. The van der Waals surface area contributed by atoms with Gasteiger partial charge in [0, 0.05) is 13.1 Å². The number of hydrogen-bond donors (Lipinski definition) is 1. The first-order valence-corrected chi connectivity index (χ1v) is 12.7. The Balaban J connectivity index is 1.56. The highest BCUT2D eigenvalue weighted by Gasteiger charge is 2.28. The molecule has 1 aliphatic rings. The van der Waals surface area contributed by atoms with E-state index in [9.17, 15) is 17.6 Å². The Labute approximate surface area is 190 Å². The predicted octanol–water partition coefficient (Wildman–Crippen LogP) is 4.05. The van der Waals surface area contributed by atoms with E-state index in [1.165, 1.54) is 27.3 Å². The molecular formula is C22H24FN3O4S2. The topological polar surface area (TPSA) is 88.6 Å². The zero-order chi connectivity index (χ0) is 22.7. The van der Waals surface area contributed by atoms with Crippen molar-refractivity contribution in [2.45, 2.75) is 31.1 Å². The van der Waals surface area contributed by atoms with Gasteiger partial charge in [-0.3, -0.25) is 10.1 Å². The van der Waals surface area contributed by atoms with Crippen LogP contribution in [-0.4, -0.2) is 49.9 Å². The summed E-state index contributed by atoms with van der Waals surface area (Å²) in [5.41, 5.74) is 1.60. The van der Waals surface area contributed by atoms with Gasteiger partial charge in [-0.25, -0.2) is 17.8 Å². The monoisotopic (exact) mass is 477 g/mol. The number of thiazole rings is 1. The molecule has 1 aliphatic heterocycles. The molecule has 1 amide bonds. The summed E-state index contributed by atoms with van der Waals surface area (Å²) in [6.07, 6.45) is 3.17. The molecule has 10 heteroatoms. The minimum atomic E-state index is -3.85. The molecule has 0 spiro atoms. The van der Waals surface area contributed by atoms with E-state index in [-0.39, 0.29) is 23.5 Å². The van der Waals surface area contributed by atoms with Crippen molar-refractivity contribution in [2.24, 2.45) is 0 Å². The first kappa shape index (κ1) is 22.8. The van der Waals surface area contributed by atoms with E-state index in [0.717, 1.165) is 41.6 Å². The molecule has 2 aromatic carbocycles. The molecule has 1 saturated heterocycles. The quantitative estimate of drug-likeness (QED) is 0.555. The molecule has 3 aromatic rings. The summed E-state index contributed by atoms with van der Waals surface area (Å²) in [6.45, 7) is 3.16. The van der Waals surface area contributed by atoms with Crippen LogP contribution in [0.1, 0.15) is 35.7 Å². The number of carbonyl (C=O) groups excluding carboxylic acids is 1. The van der Waals surface area contributed by atoms with E-state index in [1.807, 2.05) is 12.1 Å². The molecule has 0 bridgehead atoms. The van der Waals surface area contributed by atoms with Crippen LogP contribution < -0.4 is 5.32 Å². The van der Waals surface area contributed by atoms with Crippen LogP contribution >= 0.6 is 11.3 Å². The SMILES string of the molecule is CCCCc1ccc2nc(NC(=O)c3cc(S(=O)(=O)N4CCOCC4)ccc3F)sc2c1. The Hall–Kier alpha value is -2.40. The number of unbranched alkanes of at least 4 members (excludes halogenated alkanes) is 1. The lowest BCUT2D eigenvalue weighted by atomic mass is 10.1. The fourth-order valence-corrected chi connectivity index (χ4v) is 5.86. The van der Waals surface area contributed by atoms with Gasteiger partial charge in [-0.1, -0.05) is 30.7 Å². The Bertz CT molecular complexity index is 1240. The highest BCUT2D eigenvalue weighted by molar-refractivity contribution is 7.89. The molecule has 0 saturated carbocycles. The van der Waals surface area contributed by atoms with Gasteiger partial charge in [0.1, 0.15) is 5.82 Å². The summed E-state index contributed by atoms with van der Waals surface area (Å²) in [5.74, 6) is -1.54. The highest BCUT2D eigenvalue weighted by Crippen LogP contribution is 2.28. The molecule has 0 unspecified atom stereocenters. The van der Waals surface area contributed by atoms with Gasteiger partial charge in [-0.15, -0.1) is 0 Å². The summed E-state index contributed by atoms with van der Waals surface area (Å²) >= 11 is 1.30. The smallest absolute Gasteiger partial charge is 0.260 e. The van der Waals surface area contributed by atoms with Crippen LogP contribution in [0.5, 0.6) is 0 Å². The number of ether oxygens (including phenoxy) is 1. The lowest BCUT2D eigenvalue weighted by Gasteiger charge is -2.26. The number of aryl methyl sites for hydroxylation is 1. The van der Waals surface area contributed by atoms with Gasteiger partial charge < -0.3 is 4.74 Å². The maximum absolute atomic E-state index is 14.4. The molecule has 32 heavy (non-hydrogen) atoms. The van der Waals surface area contributed by atoms with Gasteiger partial charge in [0.15, 0.2) is 5.13 Å². The fourth-order valence-electron chi connectivity index (χ4n) is 3.50. The number of fused-ring (bicyclic) bond motifs is 1. The van der Waals surface area contributed by atoms with Gasteiger partial charge in [0.2, 0.25) is 10.0 Å². The molecule has 2 heterocycles. The predicted molar refractivity (Wildman–Crippen MR) is 122 cm³/mol. The summed E-state index contributed by atoms with van der Waals surface area (Å²) in [5, 5.41) is 2.94. The standard InChI is InChI=1S/C22H24FN3O4S2/c1-2-3-4-15-5-8-19-20(13-15)31-22(24-19)25-21(27)17-14-16(6-7-18(17)23)32(28,29)26-9-11-30-12-10-26/h5-8,13-14H,2-4,9-12H2,1H3,(H,24,25,27). The van der Waals surface area contributed by atoms with E-state index in [2.05, 4.69) is 23.3 Å². The van der Waals surface area contributed by atoms with E-state index >= 15 is 0 Å². The number of hydrogen-bond acceptors (Lipinski definition) is 6. The zero-order valence-electron chi connectivity index (χ0n) is 17.6. The highest BCUT2D eigenvalue weighted by atomic mass is 32.2. The van der Waals surface area contributed by atoms with Crippen molar-refractivity contribution >= 4 is 42.6 Å². The van der Waals surface area contributed by atoms with Gasteiger partial charge in [0.25, 0.3) is 5.91 Å². The lowest BCUT2D eigenvalue weighted by molar-refractivity contribution is 0.0730. The van der Waals surface area contributed by atoms with Crippen LogP contribution in [0.15, 0.2) is 41.3 Å². The number of nitrogens with zero attached hydrogens (tertiary/aromatic N) is 2. The maximum Gasteiger partial charge on any atom is 0.260 e. The summed E-state index contributed by atoms with van der Waals surface area (Å²) in [4.78, 5) is 17.0. The molecule has 0 atom stereocenters. The van der Waals surface area contributed by atoms with Gasteiger partial charge in [0.05, 0.1) is 33.9 Å². The summed E-state index contributed by atoms with van der Waals surface area (Å²) in [7, 11) is -3.85. The van der Waals surface area contributed by atoms with Crippen molar-refractivity contribution in [3.63, 3.8) is 0 Å².